The van der Waals surface area contributed by atoms with Gasteiger partial charge < -0.3 is 4.90 Å². The van der Waals surface area contributed by atoms with Gasteiger partial charge in [-0.2, -0.15) is 18.3 Å². The molecule has 1 amide bonds. The van der Waals surface area contributed by atoms with E-state index in [1.807, 2.05) is 18.0 Å². The smallest absolute Gasteiger partial charge is 0.343 e. The lowest BCUT2D eigenvalue weighted by atomic mass is 9.96. The number of halogens is 3. The molecule has 2 aromatic rings. The van der Waals surface area contributed by atoms with Crippen LogP contribution in [0.25, 0.3) is 0 Å². The molecule has 3 aliphatic rings. The summed E-state index contributed by atoms with van der Waals surface area (Å²) < 4.78 is 40.5. The lowest BCUT2D eigenvalue weighted by Crippen LogP contribution is -2.26. The first-order valence-corrected chi connectivity index (χ1v) is 10.8. The zero-order chi connectivity index (χ0) is 22.6. The first-order valence-electron chi connectivity index (χ1n) is 10.8. The van der Waals surface area contributed by atoms with Gasteiger partial charge in [0, 0.05) is 30.6 Å². The van der Waals surface area contributed by atoms with Crippen molar-refractivity contribution in [1.82, 2.24) is 15.3 Å². The molecule has 0 radical (unpaired) electrons. The fourth-order valence-corrected chi connectivity index (χ4v) is 4.36. The molecule has 0 saturated heterocycles. The van der Waals surface area contributed by atoms with Crippen molar-refractivity contribution in [3.63, 3.8) is 0 Å². The summed E-state index contributed by atoms with van der Waals surface area (Å²) in [5, 5.41) is 4.33. The van der Waals surface area contributed by atoms with Crippen molar-refractivity contribution in [2.75, 3.05) is 18.6 Å². The molecule has 1 N–H and O–H groups in total. The monoisotopic (exact) mass is 443 g/mol. The minimum Gasteiger partial charge on any atom is -0.343 e. The van der Waals surface area contributed by atoms with Crippen molar-refractivity contribution in [2.24, 2.45) is 5.10 Å². The summed E-state index contributed by atoms with van der Waals surface area (Å²) in [5.41, 5.74) is 4.25. The van der Waals surface area contributed by atoms with Gasteiger partial charge in [0.2, 0.25) is 0 Å². The number of alkyl halides is 3. The Morgan fingerprint density at radius 2 is 2.03 bits per heavy atom. The summed E-state index contributed by atoms with van der Waals surface area (Å²) in [6.07, 6.45) is -1.72. The summed E-state index contributed by atoms with van der Waals surface area (Å²) in [7, 11) is 1.97. The van der Waals surface area contributed by atoms with E-state index in [9.17, 15) is 18.0 Å². The number of nitrogens with zero attached hydrogens (tertiary/aromatic N) is 4. The molecule has 0 unspecified atom stereocenters. The third-order valence-electron chi connectivity index (χ3n) is 6.41. The number of amidine groups is 1. The van der Waals surface area contributed by atoms with Gasteiger partial charge in [-0.25, -0.2) is 4.98 Å². The highest BCUT2D eigenvalue weighted by atomic mass is 19.4. The summed E-state index contributed by atoms with van der Waals surface area (Å²) in [6.45, 7) is 2.63. The largest absolute Gasteiger partial charge is 0.416 e. The van der Waals surface area contributed by atoms with Crippen LogP contribution in [0.15, 0.2) is 35.4 Å². The van der Waals surface area contributed by atoms with Crippen molar-refractivity contribution in [3.05, 3.63) is 58.3 Å². The zero-order valence-corrected chi connectivity index (χ0v) is 17.9. The molecule has 168 valence electrons. The number of amides is 1. The van der Waals surface area contributed by atoms with Crippen molar-refractivity contribution >= 4 is 17.6 Å². The average molecular weight is 443 g/mol. The third-order valence-corrected chi connectivity index (χ3v) is 6.41. The Labute approximate surface area is 184 Å². The maximum atomic E-state index is 13.5. The molecule has 9 heteroatoms. The Bertz CT molecular complexity index is 1110. The van der Waals surface area contributed by atoms with E-state index in [0.29, 0.717) is 24.8 Å². The molecular formula is C23H24F3N5O. The number of anilines is 1. The fourth-order valence-electron chi connectivity index (χ4n) is 4.36. The fraction of sp³-hybridized carbons (Fsp3) is 0.435. The van der Waals surface area contributed by atoms with Gasteiger partial charge in [-0.3, -0.25) is 15.1 Å². The van der Waals surface area contributed by atoms with E-state index in [1.165, 1.54) is 17.0 Å². The highest BCUT2D eigenvalue weighted by Crippen LogP contribution is 2.42. The minimum absolute atomic E-state index is 0.0197. The zero-order valence-electron chi connectivity index (χ0n) is 17.9. The molecule has 1 aromatic heterocycles. The molecule has 0 bridgehead atoms. The number of rotatable bonds is 5. The molecule has 32 heavy (non-hydrogen) atoms. The Morgan fingerprint density at radius 3 is 2.69 bits per heavy atom. The second-order valence-corrected chi connectivity index (χ2v) is 8.83. The summed E-state index contributed by atoms with van der Waals surface area (Å²) in [5.74, 6) is 1.39. The summed E-state index contributed by atoms with van der Waals surface area (Å²) >= 11 is 0. The van der Waals surface area contributed by atoms with Crippen LogP contribution in [-0.4, -0.2) is 35.3 Å². The second kappa shape index (κ2) is 7.50. The number of carbonyl (C=O) groups is 1. The Balaban J connectivity index is 1.49. The van der Waals surface area contributed by atoms with Gasteiger partial charge >= 0.3 is 6.18 Å². The van der Waals surface area contributed by atoms with Crippen LogP contribution in [0.1, 0.15) is 70.8 Å². The van der Waals surface area contributed by atoms with Crippen LogP contribution in [0.3, 0.4) is 0 Å². The number of pyridine rings is 1. The number of hydrogen-bond donors (Lipinski definition) is 1. The number of nitrogens with one attached hydrogen (secondary N) is 1. The van der Waals surface area contributed by atoms with Crippen LogP contribution >= 0.6 is 0 Å². The average Bonchev–Trinajstić information content (AvgIpc) is 3.45. The van der Waals surface area contributed by atoms with Crippen LogP contribution < -0.4 is 10.3 Å². The lowest BCUT2D eigenvalue weighted by Gasteiger charge is -2.21. The Kier molecular flexibility index (Phi) is 4.87. The molecule has 1 aromatic carbocycles. The minimum atomic E-state index is -4.51. The van der Waals surface area contributed by atoms with Crippen molar-refractivity contribution in [1.29, 1.82) is 0 Å². The van der Waals surface area contributed by atoms with E-state index < -0.39 is 17.6 Å². The summed E-state index contributed by atoms with van der Waals surface area (Å²) in [6, 6.07) is 7.70. The lowest BCUT2D eigenvalue weighted by molar-refractivity contribution is -0.138. The van der Waals surface area contributed by atoms with E-state index in [2.05, 4.69) is 23.5 Å². The topological polar surface area (TPSA) is 60.8 Å². The van der Waals surface area contributed by atoms with Crippen LogP contribution in [0.2, 0.25) is 0 Å². The predicted molar refractivity (Wildman–Crippen MR) is 114 cm³/mol. The third kappa shape index (κ3) is 3.69. The standard InChI is InChI=1S/C23H24F3N5O/c1-13(8-21-29-27-12-30(21)2)15-9-19(14-6-7-14)28-20(10-15)31-11-17-16(22(31)32)4-3-5-18(17)23(24,25)26/h3-5,9-10,13-14,27H,6-8,11-12H2,1-2H3/t13-/m1/s1. The molecule has 1 aliphatic carbocycles. The van der Waals surface area contributed by atoms with Crippen LogP contribution in [0, 0.1) is 0 Å². The predicted octanol–water partition coefficient (Wildman–Crippen LogP) is 4.44. The number of fused-ring (bicyclic) bond motifs is 1. The number of hydrazone groups is 1. The van der Waals surface area contributed by atoms with E-state index in [4.69, 9.17) is 4.98 Å². The van der Waals surface area contributed by atoms with Crippen LogP contribution in [-0.2, 0) is 12.7 Å². The molecule has 2 aliphatic heterocycles. The van der Waals surface area contributed by atoms with Gasteiger partial charge in [0.25, 0.3) is 5.91 Å². The molecular weight excluding hydrogens is 419 g/mol. The number of hydrogen-bond acceptors (Lipinski definition) is 5. The van der Waals surface area contributed by atoms with Gasteiger partial charge in [0.15, 0.2) is 0 Å². The molecule has 6 nitrogen and oxygen atoms in total. The van der Waals surface area contributed by atoms with Gasteiger partial charge in [-0.05, 0) is 54.2 Å². The Hall–Kier alpha value is -3.10. The molecule has 1 saturated carbocycles. The van der Waals surface area contributed by atoms with E-state index >= 15 is 0 Å². The van der Waals surface area contributed by atoms with Crippen molar-refractivity contribution in [3.8, 4) is 0 Å². The Morgan fingerprint density at radius 1 is 1.25 bits per heavy atom. The first kappa shape index (κ1) is 20.8. The first-order chi connectivity index (χ1) is 15.2. The SMILES string of the molecule is C[C@H](CC1=NNCN1C)c1cc(C2CC2)nc(N2Cc3c(cccc3C(F)(F)F)C2=O)c1. The normalized spacial score (nSPS) is 19.2. The highest BCUT2D eigenvalue weighted by Gasteiger charge is 2.40. The van der Waals surface area contributed by atoms with Crippen LogP contribution in [0.5, 0.6) is 0 Å². The maximum Gasteiger partial charge on any atom is 0.416 e. The van der Waals surface area contributed by atoms with Crippen molar-refractivity contribution in [2.45, 2.75) is 50.7 Å². The van der Waals surface area contributed by atoms with Gasteiger partial charge in [0.05, 0.1) is 12.1 Å². The molecule has 1 atom stereocenters. The van der Waals surface area contributed by atoms with Gasteiger partial charge in [-0.1, -0.05) is 13.0 Å². The van der Waals surface area contributed by atoms with E-state index in [0.717, 1.165) is 36.0 Å². The summed E-state index contributed by atoms with van der Waals surface area (Å²) in [4.78, 5) is 21.2. The quantitative estimate of drug-likeness (QED) is 0.743. The second-order valence-electron chi connectivity index (χ2n) is 8.83. The van der Waals surface area contributed by atoms with E-state index in [-0.39, 0.29) is 23.6 Å². The maximum absolute atomic E-state index is 13.5. The number of aromatic nitrogens is 1. The van der Waals surface area contributed by atoms with Crippen molar-refractivity contribution < 1.29 is 18.0 Å². The van der Waals surface area contributed by atoms with Gasteiger partial charge in [0.1, 0.15) is 18.3 Å². The molecule has 5 rings (SSSR count). The number of benzene rings is 1. The van der Waals surface area contributed by atoms with E-state index in [1.54, 1.807) is 0 Å². The molecule has 0 spiro atoms. The van der Waals surface area contributed by atoms with Gasteiger partial charge in [-0.15, -0.1) is 0 Å². The molecule has 3 heterocycles. The molecule has 1 fully saturated rings. The number of carbonyl (C=O) groups excluding carboxylic acids is 1. The van der Waals surface area contributed by atoms with Crippen LogP contribution in [0.4, 0.5) is 19.0 Å². The highest BCUT2D eigenvalue weighted by molar-refractivity contribution is 6.09.